The van der Waals surface area contributed by atoms with E-state index in [0.717, 1.165) is 6.42 Å². The van der Waals surface area contributed by atoms with Crippen molar-refractivity contribution in [3.63, 3.8) is 0 Å². The Morgan fingerprint density at radius 3 is 2.31 bits per heavy atom. The first-order valence-corrected chi connectivity index (χ1v) is 10.2. The summed E-state index contributed by atoms with van der Waals surface area (Å²) in [6, 6.07) is 6.15. The summed E-state index contributed by atoms with van der Waals surface area (Å²) in [6.45, 7) is 10.7. The number of halogens is 1. The molecule has 1 amide bonds. The lowest BCUT2D eigenvalue weighted by atomic mass is 9.90. The van der Waals surface area contributed by atoms with Gasteiger partial charge in [-0.1, -0.05) is 33.8 Å². The predicted molar refractivity (Wildman–Crippen MR) is 108 cm³/mol. The molecule has 0 aliphatic rings. The standard InChI is InChI=1S/C18H31N3O3S.ClH/c1-6-21(7-2)25(23,24)16-10-8-9-15(11-16)17(22)20-18(5,13-19)12-14(3)4;/h8-11,14H,6-7,12-13,19H2,1-5H3,(H,20,22);1H. The molecule has 1 rings (SSSR count). The molecule has 0 bridgehead atoms. The molecule has 0 saturated carbocycles. The molecule has 1 unspecified atom stereocenters. The van der Waals surface area contributed by atoms with Crippen molar-refractivity contribution in [2.75, 3.05) is 19.6 Å². The molecule has 0 aromatic heterocycles. The topological polar surface area (TPSA) is 92.5 Å². The molecule has 1 aromatic carbocycles. The number of nitrogens with one attached hydrogen (secondary N) is 1. The van der Waals surface area contributed by atoms with Gasteiger partial charge in [0.25, 0.3) is 5.91 Å². The van der Waals surface area contributed by atoms with Gasteiger partial charge < -0.3 is 11.1 Å². The Kier molecular flexibility index (Phi) is 9.80. The first kappa shape index (κ1) is 24.8. The number of nitrogens with two attached hydrogens (primary N) is 1. The van der Waals surface area contributed by atoms with Gasteiger partial charge in [-0.3, -0.25) is 4.79 Å². The first-order valence-electron chi connectivity index (χ1n) is 8.72. The maximum absolute atomic E-state index is 12.6. The molecule has 1 atom stereocenters. The van der Waals surface area contributed by atoms with Gasteiger partial charge in [-0.15, -0.1) is 12.4 Å². The normalized spacial score (nSPS) is 14.0. The highest BCUT2D eigenvalue weighted by atomic mass is 35.5. The van der Waals surface area contributed by atoms with E-state index in [0.29, 0.717) is 31.1 Å². The van der Waals surface area contributed by atoms with E-state index in [4.69, 9.17) is 5.73 Å². The van der Waals surface area contributed by atoms with Crippen molar-refractivity contribution in [3.05, 3.63) is 29.8 Å². The molecular weight excluding hydrogens is 374 g/mol. The van der Waals surface area contributed by atoms with E-state index in [-0.39, 0.29) is 23.2 Å². The van der Waals surface area contributed by atoms with Crippen molar-refractivity contribution < 1.29 is 13.2 Å². The van der Waals surface area contributed by atoms with Crippen molar-refractivity contribution >= 4 is 28.3 Å². The van der Waals surface area contributed by atoms with E-state index < -0.39 is 15.6 Å². The van der Waals surface area contributed by atoms with Crippen LogP contribution < -0.4 is 11.1 Å². The van der Waals surface area contributed by atoms with Crippen LogP contribution in [0, 0.1) is 5.92 Å². The number of hydrogen-bond donors (Lipinski definition) is 2. The number of sulfonamides is 1. The molecule has 6 nitrogen and oxygen atoms in total. The summed E-state index contributed by atoms with van der Waals surface area (Å²) in [5, 5.41) is 2.95. The first-order chi connectivity index (χ1) is 11.6. The van der Waals surface area contributed by atoms with E-state index in [1.807, 2.05) is 6.92 Å². The minimum Gasteiger partial charge on any atom is -0.346 e. The van der Waals surface area contributed by atoms with Crippen LogP contribution in [0.5, 0.6) is 0 Å². The molecule has 8 heteroatoms. The van der Waals surface area contributed by atoms with E-state index in [1.54, 1.807) is 26.0 Å². The molecule has 0 spiro atoms. The van der Waals surface area contributed by atoms with Crippen LogP contribution in [0.1, 0.15) is 51.4 Å². The molecule has 0 saturated heterocycles. The van der Waals surface area contributed by atoms with Gasteiger partial charge in [0.15, 0.2) is 0 Å². The number of rotatable bonds is 9. The maximum Gasteiger partial charge on any atom is 0.251 e. The predicted octanol–water partition coefficient (Wildman–Crippen LogP) is 2.63. The fraction of sp³-hybridized carbons (Fsp3) is 0.611. The van der Waals surface area contributed by atoms with Gasteiger partial charge in [0.05, 0.1) is 4.90 Å². The quantitative estimate of drug-likeness (QED) is 0.660. The molecule has 0 radical (unpaired) electrons. The van der Waals surface area contributed by atoms with Gasteiger partial charge in [-0.25, -0.2) is 8.42 Å². The lowest BCUT2D eigenvalue weighted by molar-refractivity contribution is 0.0898. The lowest BCUT2D eigenvalue weighted by Gasteiger charge is -2.31. The van der Waals surface area contributed by atoms with Crippen LogP contribution in [0.2, 0.25) is 0 Å². The number of carbonyl (C=O) groups excluding carboxylic acids is 1. The highest BCUT2D eigenvalue weighted by molar-refractivity contribution is 7.89. The second-order valence-corrected chi connectivity index (χ2v) is 8.87. The van der Waals surface area contributed by atoms with Crippen LogP contribution in [-0.4, -0.2) is 43.8 Å². The van der Waals surface area contributed by atoms with E-state index in [9.17, 15) is 13.2 Å². The zero-order chi connectivity index (χ0) is 19.3. The smallest absolute Gasteiger partial charge is 0.251 e. The molecule has 26 heavy (non-hydrogen) atoms. The average molecular weight is 406 g/mol. The molecule has 0 aliphatic heterocycles. The van der Waals surface area contributed by atoms with Gasteiger partial charge in [0.2, 0.25) is 10.0 Å². The molecule has 150 valence electrons. The number of nitrogens with zero attached hydrogens (tertiary/aromatic N) is 1. The van der Waals surface area contributed by atoms with Crippen molar-refractivity contribution in [2.45, 2.75) is 51.5 Å². The Bertz CT molecular complexity index is 691. The van der Waals surface area contributed by atoms with Crippen LogP contribution >= 0.6 is 12.4 Å². The van der Waals surface area contributed by atoms with Crippen molar-refractivity contribution in [1.82, 2.24) is 9.62 Å². The second-order valence-electron chi connectivity index (χ2n) is 6.93. The Morgan fingerprint density at radius 1 is 1.27 bits per heavy atom. The number of amides is 1. The minimum absolute atomic E-state index is 0. The third-order valence-corrected chi connectivity index (χ3v) is 6.21. The van der Waals surface area contributed by atoms with Gasteiger partial charge >= 0.3 is 0 Å². The Morgan fingerprint density at radius 2 is 1.85 bits per heavy atom. The zero-order valence-electron chi connectivity index (χ0n) is 16.3. The van der Waals surface area contributed by atoms with Gasteiger partial charge in [0.1, 0.15) is 0 Å². The third kappa shape index (κ3) is 6.23. The van der Waals surface area contributed by atoms with Crippen LogP contribution in [0.3, 0.4) is 0 Å². The summed E-state index contributed by atoms with van der Waals surface area (Å²) in [4.78, 5) is 12.7. The highest BCUT2D eigenvalue weighted by Gasteiger charge is 2.27. The summed E-state index contributed by atoms with van der Waals surface area (Å²) < 4.78 is 26.6. The van der Waals surface area contributed by atoms with Crippen molar-refractivity contribution in [2.24, 2.45) is 11.7 Å². The van der Waals surface area contributed by atoms with E-state index in [2.05, 4.69) is 19.2 Å². The third-order valence-electron chi connectivity index (χ3n) is 4.16. The molecule has 1 aromatic rings. The summed E-state index contributed by atoms with van der Waals surface area (Å²) >= 11 is 0. The van der Waals surface area contributed by atoms with Gasteiger partial charge in [0, 0.05) is 30.7 Å². The van der Waals surface area contributed by atoms with E-state index >= 15 is 0 Å². The van der Waals surface area contributed by atoms with Gasteiger partial charge in [-0.05, 0) is 37.5 Å². The van der Waals surface area contributed by atoms with Crippen molar-refractivity contribution in [3.8, 4) is 0 Å². The Labute approximate surface area is 164 Å². The molecule has 0 heterocycles. The SMILES string of the molecule is CCN(CC)S(=O)(=O)c1cccc(C(=O)NC(C)(CN)CC(C)C)c1.Cl. The summed E-state index contributed by atoms with van der Waals surface area (Å²) in [5.41, 5.74) is 5.63. The minimum atomic E-state index is -3.60. The molecule has 0 aliphatic carbocycles. The fourth-order valence-electron chi connectivity index (χ4n) is 2.94. The number of hydrogen-bond acceptors (Lipinski definition) is 4. The Hall–Kier alpha value is -1.15. The molecule has 3 N–H and O–H groups in total. The Balaban J connectivity index is 0.00000625. The lowest BCUT2D eigenvalue weighted by Crippen LogP contribution is -2.52. The second kappa shape index (κ2) is 10.3. The van der Waals surface area contributed by atoms with Crippen LogP contribution in [0.15, 0.2) is 29.2 Å². The molecular formula is C18H32ClN3O3S. The summed E-state index contributed by atoms with van der Waals surface area (Å²) in [5.74, 6) is 0.0634. The highest BCUT2D eigenvalue weighted by Crippen LogP contribution is 2.19. The van der Waals surface area contributed by atoms with Crippen LogP contribution in [-0.2, 0) is 10.0 Å². The molecule has 0 fully saturated rings. The summed E-state index contributed by atoms with van der Waals surface area (Å²) in [6.07, 6.45) is 0.743. The fourth-order valence-corrected chi connectivity index (χ4v) is 4.45. The van der Waals surface area contributed by atoms with Crippen LogP contribution in [0.25, 0.3) is 0 Å². The maximum atomic E-state index is 12.6. The average Bonchev–Trinajstić information content (AvgIpc) is 2.55. The number of benzene rings is 1. The van der Waals surface area contributed by atoms with E-state index in [1.165, 1.54) is 16.4 Å². The van der Waals surface area contributed by atoms with Crippen molar-refractivity contribution in [1.29, 1.82) is 0 Å². The monoisotopic (exact) mass is 405 g/mol. The summed E-state index contributed by atoms with van der Waals surface area (Å²) in [7, 11) is -3.60. The number of carbonyl (C=O) groups is 1. The zero-order valence-corrected chi connectivity index (χ0v) is 17.9. The van der Waals surface area contributed by atoms with Crippen LogP contribution in [0.4, 0.5) is 0 Å². The van der Waals surface area contributed by atoms with Gasteiger partial charge in [-0.2, -0.15) is 4.31 Å². The largest absolute Gasteiger partial charge is 0.346 e.